The molecule has 0 saturated heterocycles. The molecule has 1 atom stereocenters. The van der Waals surface area contributed by atoms with Gasteiger partial charge in [-0.05, 0) is 29.7 Å². The van der Waals surface area contributed by atoms with E-state index in [0.717, 1.165) is 5.56 Å². The lowest BCUT2D eigenvalue weighted by atomic mass is 10.0. The standard InChI is InChI=1S/C22H24FN3O5/c1-12(2)18(11-27)26-10-16(22(29)30)19(28)15-8-17(21(31-3)25-20(15)26)24-9-13-4-6-14(23)7-5-13/h4-8,10,12,18,24,27H,9,11H2,1-3H3,(H,29,30). The molecule has 2 heterocycles. The van der Waals surface area contributed by atoms with Crippen molar-refractivity contribution in [3.05, 3.63) is 63.7 Å². The molecule has 31 heavy (non-hydrogen) atoms. The fraction of sp³-hybridized carbons (Fsp3) is 0.318. The highest BCUT2D eigenvalue weighted by Gasteiger charge is 2.23. The fourth-order valence-electron chi connectivity index (χ4n) is 3.36. The summed E-state index contributed by atoms with van der Waals surface area (Å²) in [5.41, 5.74) is 0.296. The van der Waals surface area contributed by atoms with E-state index in [1.54, 1.807) is 12.1 Å². The van der Waals surface area contributed by atoms with Gasteiger partial charge in [-0.3, -0.25) is 4.79 Å². The summed E-state index contributed by atoms with van der Waals surface area (Å²) >= 11 is 0. The second-order valence-electron chi connectivity index (χ2n) is 7.47. The quantitative estimate of drug-likeness (QED) is 0.504. The molecular formula is C22H24FN3O5. The van der Waals surface area contributed by atoms with Crippen molar-refractivity contribution in [2.24, 2.45) is 5.92 Å². The molecule has 3 N–H and O–H groups in total. The second kappa shape index (κ2) is 9.13. The molecule has 1 aromatic carbocycles. The maximum absolute atomic E-state index is 13.1. The third-order valence-corrected chi connectivity index (χ3v) is 5.10. The zero-order valence-electron chi connectivity index (χ0n) is 17.4. The number of methoxy groups -OCH3 is 1. The molecule has 2 aromatic heterocycles. The first-order valence-electron chi connectivity index (χ1n) is 9.73. The lowest BCUT2D eigenvalue weighted by Crippen LogP contribution is -2.26. The van der Waals surface area contributed by atoms with Crippen LogP contribution >= 0.6 is 0 Å². The molecule has 0 aliphatic heterocycles. The first kappa shape index (κ1) is 22.2. The summed E-state index contributed by atoms with van der Waals surface area (Å²) in [5.74, 6) is -1.57. The van der Waals surface area contributed by atoms with Gasteiger partial charge in [0.2, 0.25) is 11.3 Å². The predicted octanol–water partition coefficient (Wildman–Crippen LogP) is 3.04. The summed E-state index contributed by atoms with van der Waals surface area (Å²) in [6, 6.07) is 6.92. The van der Waals surface area contributed by atoms with E-state index in [4.69, 9.17) is 4.74 Å². The minimum absolute atomic E-state index is 0.0542. The van der Waals surface area contributed by atoms with E-state index in [0.29, 0.717) is 12.2 Å². The van der Waals surface area contributed by atoms with Crippen molar-refractivity contribution in [3.63, 3.8) is 0 Å². The number of aliphatic hydroxyl groups is 1. The SMILES string of the molecule is COc1nc2c(cc1NCc1ccc(F)cc1)c(=O)c(C(=O)O)cn2C(CO)C(C)C. The van der Waals surface area contributed by atoms with E-state index in [-0.39, 0.29) is 35.3 Å². The number of rotatable bonds is 8. The number of aromatic carboxylic acids is 1. The third-order valence-electron chi connectivity index (χ3n) is 5.10. The van der Waals surface area contributed by atoms with Gasteiger partial charge in [0.25, 0.3) is 0 Å². The minimum atomic E-state index is -1.36. The van der Waals surface area contributed by atoms with Crippen LogP contribution < -0.4 is 15.5 Å². The number of nitrogens with zero attached hydrogens (tertiary/aromatic N) is 2. The predicted molar refractivity (Wildman–Crippen MR) is 114 cm³/mol. The van der Waals surface area contributed by atoms with Crippen LogP contribution in [0.5, 0.6) is 5.88 Å². The highest BCUT2D eigenvalue weighted by Crippen LogP contribution is 2.29. The zero-order valence-corrected chi connectivity index (χ0v) is 17.4. The van der Waals surface area contributed by atoms with Crippen LogP contribution in [0.3, 0.4) is 0 Å². The Morgan fingerprint density at radius 1 is 1.29 bits per heavy atom. The smallest absolute Gasteiger partial charge is 0.341 e. The number of aromatic nitrogens is 2. The molecule has 0 radical (unpaired) electrons. The van der Waals surface area contributed by atoms with Gasteiger partial charge in [0, 0.05) is 12.7 Å². The molecule has 0 bridgehead atoms. The van der Waals surface area contributed by atoms with Crippen LogP contribution in [0.25, 0.3) is 11.0 Å². The maximum atomic E-state index is 13.1. The van der Waals surface area contributed by atoms with Crippen molar-refractivity contribution >= 4 is 22.7 Å². The monoisotopic (exact) mass is 429 g/mol. The van der Waals surface area contributed by atoms with Crippen molar-refractivity contribution < 1.29 is 24.1 Å². The molecule has 0 aliphatic rings. The highest BCUT2D eigenvalue weighted by atomic mass is 19.1. The molecule has 1 unspecified atom stereocenters. The molecule has 0 fully saturated rings. The summed E-state index contributed by atoms with van der Waals surface area (Å²) in [5, 5.41) is 22.6. The number of nitrogens with one attached hydrogen (secondary N) is 1. The van der Waals surface area contributed by atoms with E-state index >= 15 is 0 Å². The van der Waals surface area contributed by atoms with Crippen LogP contribution in [0.2, 0.25) is 0 Å². The average Bonchev–Trinajstić information content (AvgIpc) is 2.74. The molecule has 164 valence electrons. The van der Waals surface area contributed by atoms with Gasteiger partial charge in [0.05, 0.1) is 30.8 Å². The van der Waals surface area contributed by atoms with Gasteiger partial charge in [0.1, 0.15) is 17.0 Å². The van der Waals surface area contributed by atoms with Gasteiger partial charge in [-0.25, -0.2) is 9.18 Å². The minimum Gasteiger partial charge on any atom is -0.479 e. The van der Waals surface area contributed by atoms with Gasteiger partial charge in [-0.2, -0.15) is 4.98 Å². The molecule has 0 aliphatic carbocycles. The van der Waals surface area contributed by atoms with Gasteiger partial charge >= 0.3 is 5.97 Å². The van der Waals surface area contributed by atoms with Crippen molar-refractivity contribution in [2.75, 3.05) is 19.0 Å². The van der Waals surface area contributed by atoms with Crippen molar-refractivity contribution in [3.8, 4) is 5.88 Å². The first-order valence-corrected chi connectivity index (χ1v) is 9.73. The molecule has 3 aromatic rings. The van der Waals surface area contributed by atoms with Gasteiger partial charge in [-0.1, -0.05) is 26.0 Å². The molecule has 0 amide bonds. The number of hydrogen-bond acceptors (Lipinski definition) is 6. The number of fused-ring (bicyclic) bond motifs is 1. The number of anilines is 1. The third kappa shape index (κ3) is 4.51. The Labute approximate surface area is 177 Å². The van der Waals surface area contributed by atoms with E-state index in [2.05, 4.69) is 10.3 Å². The van der Waals surface area contributed by atoms with E-state index in [9.17, 15) is 24.2 Å². The Bertz CT molecular complexity index is 1160. The fourth-order valence-corrected chi connectivity index (χ4v) is 3.36. The number of halogens is 1. The van der Waals surface area contributed by atoms with Crippen LogP contribution in [0.4, 0.5) is 10.1 Å². The number of hydrogen-bond donors (Lipinski definition) is 3. The van der Waals surface area contributed by atoms with Gasteiger partial charge in [-0.15, -0.1) is 0 Å². The summed E-state index contributed by atoms with van der Waals surface area (Å²) in [7, 11) is 1.43. The number of carboxylic acids is 1. The summed E-state index contributed by atoms with van der Waals surface area (Å²) in [4.78, 5) is 29.0. The first-order chi connectivity index (χ1) is 14.8. The number of pyridine rings is 2. The van der Waals surface area contributed by atoms with Crippen molar-refractivity contribution in [1.82, 2.24) is 9.55 Å². The van der Waals surface area contributed by atoms with Gasteiger partial charge < -0.3 is 24.8 Å². The van der Waals surface area contributed by atoms with Crippen molar-refractivity contribution in [1.29, 1.82) is 0 Å². The zero-order chi connectivity index (χ0) is 22.7. The summed E-state index contributed by atoms with van der Waals surface area (Å²) < 4.78 is 20.0. The second-order valence-corrected chi connectivity index (χ2v) is 7.47. The van der Waals surface area contributed by atoms with Crippen LogP contribution in [-0.4, -0.2) is 39.5 Å². The molecule has 8 nitrogen and oxygen atoms in total. The molecule has 3 rings (SSSR count). The van der Waals surface area contributed by atoms with Crippen LogP contribution in [0, 0.1) is 11.7 Å². The van der Waals surface area contributed by atoms with Crippen LogP contribution in [-0.2, 0) is 6.54 Å². The lowest BCUT2D eigenvalue weighted by molar-refractivity contribution is 0.0694. The molecule has 0 spiro atoms. The van der Waals surface area contributed by atoms with E-state index in [1.165, 1.54) is 36.1 Å². The number of carbonyl (C=O) groups is 1. The summed E-state index contributed by atoms with van der Waals surface area (Å²) in [6.45, 7) is 3.80. The number of carboxylic acid groups (broad SMARTS) is 1. The summed E-state index contributed by atoms with van der Waals surface area (Å²) in [6.07, 6.45) is 1.21. The molecule has 0 saturated carbocycles. The Morgan fingerprint density at radius 3 is 2.52 bits per heavy atom. The Kier molecular flexibility index (Phi) is 6.55. The molecule has 9 heteroatoms. The maximum Gasteiger partial charge on any atom is 0.341 e. The normalized spacial score (nSPS) is 12.2. The van der Waals surface area contributed by atoms with Crippen LogP contribution in [0.15, 0.2) is 41.3 Å². The number of ether oxygens (including phenoxy) is 1. The Balaban J connectivity index is 2.17. The van der Waals surface area contributed by atoms with Crippen LogP contribution in [0.1, 0.15) is 35.8 Å². The topological polar surface area (TPSA) is 114 Å². The number of aliphatic hydroxyl groups excluding tert-OH is 1. The largest absolute Gasteiger partial charge is 0.479 e. The number of benzene rings is 1. The van der Waals surface area contributed by atoms with E-state index < -0.39 is 23.0 Å². The van der Waals surface area contributed by atoms with Crippen molar-refractivity contribution in [2.45, 2.75) is 26.4 Å². The Morgan fingerprint density at radius 2 is 1.97 bits per heavy atom. The van der Waals surface area contributed by atoms with Gasteiger partial charge in [0.15, 0.2) is 0 Å². The lowest BCUT2D eigenvalue weighted by Gasteiger charge is -2.24. The Hall–Kier alpha value is -3.46. The average molecular weight is 429 g/mol. The molecular weight excluding hydrogens is 405 g/mol. The highest BCUT2D eigenvalue weighted by molar-refractivity contribution is 5.93. The van der Waals surface area contributed by atoms with E-state index in [1.807, 2.05) is 13.8 Å².